The van der Waals surface area contributed by atoms with Crippen LogP contribution in [0.2, 0.25) is 0 Å². The molecule has 0 spiro atoms. The van der Waals surface area contributed by atoms with Crippen LogP contribution in [0.25, 0.3) is 0 Å². The number of phosphoric ester groups is 2. The van der Waals surface area contributed by atoms with Crippen LogP contribution in [-0.2, 0) is 65.4 Å². The second kappa shape index (κ2) is 53.8. The lowest BCUT2D eigenvalue weighted by atomic mass is 10.00. The summed E-state index contributed by atoms with van der Waals surface area (Å²) in [5.41, 5.74) is 0. The van der Waals surface area contributed by atoms with Gasteiger partial charge in [-0.15, -0.1) is 0 Å². The molecule has 0 aliphatic heterocycles. The van der Waals surface area contributed by atoms with E-state index in [1.54, 1.807) is 0 Å². The number of carbonyl (C=O) groups is 4. The van der Waals surface area contributed by atoms with E-state index in [1.165, 1.54) is 83.5 Å². The Labute approximate surface area is 486 Å². The Morgan fingerprint density at radius 1 is 0.362 bits per heavy atom. The molecule has 0 heterocycles. The number of aliphatic hydroxyl groups excluding tert-OH is 1. The van der Waals surface area contributed by atoms with Gasteiger partial charge < -0.3 is 33.8 Å². The summed E-state index contributed by atoms with van der Waals surface area (Å²) >= 11 is 0. The minimum absolute atomic E-state index is 0.103. The first-order valence-corrected chi connectivity index (χ1v) is 35.0. The van der Waals surface area contributed by atoms with Gasteiger partial charge in [0.15, 0.2) is 12.2 Å². The van der Waals surface area contributed by atoms with Gasteiger partial charge in [0.2, 0.25) is 0 Å². The van der Waals surface area contributed by atoms with Crippen LogP contribution in [0.5, 0.6) is 0 Å². The molecule has 0 aromatic rings. The van der Waals surface area contributed by atoms with Gasteiger partial charge in [-0.2, -0.15) is 0 Å². The lowest BCUT2D eigenvalue weighted by Gasteiger charge is -2.21. The predicted octanol–water partition coefficient (Wildman–Crippen LogP) is 16.5. The van der Waals surface area contributed by atoms with E-state index in [2.05, 4.69) is 41.5 Å². The van der Waals surface area contributed by atoms with Gasteiger partial charge in [0.1, 0.15) is 19.3 Å². The summed E-state index contributed by atoms with van der Waals surface area (Å²) in [7, 11) is -9.87. The van der Waals surface area contributed by atoms with E-state index in [-0.39, 0.29) is 25.7 Å². The Balaban J connectivity index is 5.17. The van der Waals surface area contributed by atoms with E-state index in [4.69, 9.17) is 37.0 Å². The van der Waals surface area contributed by atoms with E-state index >= 15 is 0 Å². The zero-order chi connectivity index (χ0) is 59.4. The van der Waals surface area contributed by atoms with E-state index in [0.29, 0.717) is 25.7 Å². The molecule has 0 fully saturated rings. The number of hydrogen-bond acceptors (Lipinski definition) is 15. The van der Waals surface area contributed by atoms with Crippen LogP contribution in [0.3, 0.4) is 0 Å². The molecule has 0 amide bonds. The lowest BCUT2D eigenvalue weighted by Crippen LogP contribution is -2.30. The summed E-state index contributed by atoms with van der Waals surface area (Å²) in [5, 5.41) is 10.5. The largest absolute Gasteiger partial charge is 0.472 e. The highest BCUT2D eigenvalue weighted by molar-refractivity contribution is 7.47. The van der Waals surface area contributed by atoms with E-state index in [1.807, 2.05) is 0 Å². The molecule has 0 aromatic carbocycles. The molecule has 0 rings (SSSR count). The molecule has 0 aliphatic carbocycles. The SMILES string of the molecule is CCCCCCCCCC(=O)OC[C@H](COP(=O)(O)OC[C@H](O)COP(=O)(O)OC[C@@H](COC(=O)CCCCCCCCC(C)CC)OC(=O)CCCCCCCCCCCCCCCC(C)C)OC(=O)CCCCCCCCC. The number of carbonyl (C=O) groups excluding carboxylic acids is 4. The van der Waals surface area contributed by atoms with Crippen molar-refractivity contribution in [1.29, 1.82) is 0 Å². The summed E-state index contributed by atoms with van der Waals surface area (Å²) in [6.07, 6.45) is 35.1. The van der Waals surface area contributed by atoms with Gasteiger partial charge in [-0.1, -0.05) is 247 Å². The molecule has 474 valence electrons. The molecule has 0 radical (unpaired) electrons. The van der Waals surface area contributed by atoms with Crippen LogP contribution < -0.4 is 0 Å². The molecule has 0 bridgehead atoms. The standard InChI is InChI=1S/C61H118O17P2/c1-7-10-12-14-23-31-37-43-58(63)71-49-56(77-60(65)45-39-33-24-15-13-11-8-2)51-75-79(67,68)73-47-55(62)48-74-80(69,70)76-52-57(50-72-59(64)44-38-32-28-27-30-36-42-54(6)9-3)78-61(66)46-40-34-26-22-20-18-16-17-19-21-25-29-35-41-53(4)5/h53-57,62H,7-52H2,1-6H3,(H,67,68)(H,69,70)/t54?,55-,56+,57+/m0/s1. The van der Waals surface area contributed by atoms with E-state index in [9.17, 15) is 43.2 Å². The highest BCUT2D eigenvalue weighted by Crippen LogP contribution is 2.45. The number of unbranched alkanes of at least 4 members (excludes halogenated alkanes) is 29. The van der Waals surface area contributed by atoms with Crippen molar-refractivity contribution in [3.63, 3.8) is 0 Å². The predicted molar refractivity (Wildman–Crippen MR) is 317 cm³/mol. The Morgan fingerprint density at radius 3 is 0.950 bits per heavy atom. The second-order valence-electron chi connectivity index (χ2n) is 22.8. The van der Waals surface area contributed by atoms with Gasteiger partial charge in [0, 0.05) is 25.7 Å². The van der Waals surface area contributed by atoms with Crippen molar-refractivity contribution in [2.24, 2.45) is 11.8 Å². The molecular formula is C61H118O17P2. The minimum Gasteiger partial charge on any atom is -0.462 e. The number of aliphatic hydroxyl groups is 1. The highest BCUT2D eigenvalue weighted by atomic mass is 31.2. The molecule has 6 atom stereocenters. The van der Waals surface area contributed by atoms with Crippen molar-refractivity contribution in [3.8, 4) is 0 Å². The van der Waals surface area contributed by atoms with Crippen molar-refractivity contribution in [3.05, 3.63) is 0 Å². The quantitative estimate of drug-likeness (QED) is 0.0222. The summed E-state index contributed by atoms with van der Waals surface area (Å²) in [5.74, 6) is -0.630. The van der Waals surface area contributed by atoms with Crippen LogP contribution in [0.15, 0.2) is 0 Å². The highest BCUT2D eigenvalue weighted by Gasteiger charge is 2.30. The maximum absolute atomic E-state index is 12.9. The van der Waals surface area contributed by atoms with Crippen LogP contribution in [-0.4, -0.2) is 96.7 Å². The van der Waals surface area contributed by atoms with Crippen LogP contribution in [0.1, 0.15) is 298 Å². The fourth-order valence-electron chi connectivity index (χ4n) is 8.97. The molecule has 0 aliphatic rings. The zero-order valence-electron chi connectivity index (χ0n) is 51.4. The fraction of sp³-hybridized carbons (Fsp3) is 0.934. The monoisotopic (exact) mass is 1180 g/mol. The third kappa shape index (κ3) is 54.0. The minimum atomic E-state index is -4.94. The second-order valence-corrected chi connectivity index (χ2v) is 25.7. The third-order valence-corrected chi connectivity index (χ3v) is 16.2. The average Bonchev–Trinajstić information content (AvgIpc) is 3.42. The first-order valence-electron chi connectivity index (χ1n) is 32.0. The summed E-state index contributed by atoms with van der Waals surface area (Å²) in [6.45, 7) is 9.36. The van der Waals surface area contributed by atoms with Gasteiger partial charge in [-0.05, 0) is 37.5 Å². The van der Waals surface area contributed by atoms with Gasteiger partial charge in [-0.3, -0.25) is 37.3 Å². The number of esters is 4. The van der Waals surface area contributed by atoms with Crippen molar-refractivity contribution in [2.75, 3.05) is 39.6 Å². The molecule has 3 N–H and O–H groups in total. The number of phosphoric acid groups is 2. The lowest BCUT2D eigenvalue weighted by molar-refractivity contribution is -0.161. The van der Waals surface area contributed by atoms with Crippen molar-refractivity contribution in [1.82, 2.24) is 0 Å². The molecule has 3 unspecified atom stereocenters. The van der Waals surface area contributed by atoms with Crippen LogP contribution in [0, 0.1) is 11.8 Å². The van der Waals surface area contributed by atoms with Crippen LogP contribution in [0.4, 0.5) is 0 Å². The van der Waals surface area contributed by atoms with Gasteiger partial charge in [-0.25, -0.2) is 9.13 Å². The molecule has 0 saturated carbocycles. The Morgan fingerprint density at radius 2 is 0.637 bits per heavy atom. The first kappa shape index (κ1) is 78.1. The summed E-state index contributed by atoms with van der Waals surface area (Å²) < 4.78 is 67.7. The van der Waals surface area contributed by atoms with E-state index in [0.717, 1.165) is 134 Å². The van der Waals surface area contributed by atoms with E-state index < -0.39 is 97.5 Å². The Kier molecular flexibility index (Phi) is 52.5. The van der Waals surface area contributed by atoms with Crippen LogP contribution >= 0.6 is 15.6 Å². The molecule has 17 nitrogen and oxygen atoms in total. The number of rotatable bonds is 60. The number of ether oxygens (including phenoxy) is 4. The Bertz CT molecular complexity index is 1580. The summed E-state index contributed by atoms with van der Waals surface area (Å²) in [6, 6.07) is 0. The zero-order valence-corrected chi connectivity index (χ0v) is 53.2. The molecule has 0 aromatic heterocycles. The maximum Gasteiger partial charge on any atom is 0.472 e. The fourth-order valence-corrected chi connectivity index (χ4v) is 10.5. The molecule has 0 saturated heterocycles. The normalized spacial score (nSPS) is 14.7. The molecule has 19 heteroatoms. The van der Waals surface area contributed by atoms with Gasteiger partial charge >= 0.3 is 39.5 Å². The smallest absolute Gasteiger partial charge is 0.462 e. The average molecular weight is 1190 g/mol. The van der Waals surface area contributed by atoms with Crippen molar-refractivity contribution < 1.29 is 80.2 Å². The maximum atomic E-state index is 12.9. The van der Waals surface area contributed by atoms with Gasteiger partial charge in [0.05, 0.1) is 26.4 Å². The van der Waals surface area contributed by atoms with Gasteiger partial charge in [0.25, 0.3) is 0 Å². The third-order valence-electron chi connectivity index (χ3n) is 14.3. The van der Waals surface area contributed by atoms with Crippen molar-refractivity contribution in [2.45, 2.75) is 317 Å². The molecular weight excluding hydrogens is 1070 g/mol. The number of hydrogen-bond donors (Lipinski definition) is 3. The topological polar surface area (TPSA) is 237 Å². The first-order chi connectivity index (χ1) is 38.4. The Hall–Kier alpha value is -1.94. The molecule has 80 heavy (non-hydrogen) atoms. The summed E-state index contributed by atoms with van der Waals surface area (Å²) in [4.78, 5) is 71.8. The van der Waals surface area contributed by atoms with Crippen molar-refractivity contribution >= 4 is 39.5 Å².